The van der Waals surface area contributed by atoms with Gasteiger partial charge in [-0.25, -0.2) is 15.0 Å². The molecule has 0 unspecified atom stereocenters. The summed E-state index contributed by atoms with van der Waals surface area (Å²) in [6, 6.07) is 32.3. The Morgan fingerprint density at radius 2 is 0.932 bits per heavy atom. The lowest BCUT2D eigenvalue weighted by Crippen LogP contribution is -2.06. The SMILES string of the molecule is c1ccc(-n2c3c(c4cc(-c5cccc(-c6cnc7c(c6)c6c(n7-c7ccccc7)CCCC6)n5)cnc42)CCCC3)cc1. The molecule has 0 fully saturated rings. The van der Waals surface area contributed by atoms with Gasteiger partial charge in [0.2, 0.25) is 0 Å². The van der Waals surface area contributed by atoms with Gasteiger partial charge in [-0.2, -0.15) is 0 Å². The van der Waals surface area contributed by atoms with E-state index in [0.29, 0.717) is 0 Å². The molecule has 0 aliphatic heterocycles. The summed E-state index contributed by atoms with van der Waals surface area (Å²) in [5.41, 5.74) is 14.2. The predicted octanol–water partition coefficient (Wildman–Crippen LogP) is 8.85. The molecular formula is C39H33N5. The average Bonchev–Trinajstić information content (AvgIpc) is 3.61. The van der Waals surface area contributed by atoms with Gasteiger partial charge in [0, 0.05) is 57.1 Å². The first kappa shape index (κ1) is 25.5. The Kier molecular flexibility index (Phi) is 5.96. The largest absolute Gasteiger partial charge is 0.298 e. The Morgan fingerprint density at radius 1 is 0.477 bits per heavy atom. The lowest BCUT2D eigenvalue weighted by Gasteiger charge is -2.15. The summed E-state index contributed by atoms with van der Waals surface area (Å²) in [6.07, 6.45) is 13.3. The lowest BCUT2D eigenvalue weighted by molar-refractivity contribution is 0.666. The lowest BCUT2D eigenvalue weighted by atomic mass is 9.95. The molecule has 7 aromatic rings. The van der Waals surface area contributed by atoms with Gasteiger partial charge < -0.3 is 0 Å². The Labute approximate surface area is 256 Å². The topological polar surface area (TPSA) is 48.5 Å². The molecule has 0 atom stereocenters. The Balaban J connectivity index is 1.15. The van der Waals surface area contributed by atoms with Crippen LogP contribution in [0.25, 0.3) is 56.0 Å². The molecule has 0 amide bonds. The fourth-order valence-electron chi connectivity index (χ4n) is 7.57. The molecule has 214 valence electrons. The van der Waals surface area contributed by atoms with Crippen molar-refractivity contribution in [2.24, 2.45) is 0 Å². The van der Waals surface area contributed by atoms with E-state index in [4.69, 9.17) is 15.0 Å². The maximum atomic E-state index is 5.19. The number of para-hydroxylation sites is 2. The van der Waals surface area contributed by atoms with Crippen molar-refractivity contribution >= 4 is 22.1 Å². The molecule has 0 saturated carbocycles. The normalized spacial score (nSPS) is 14.5. The third kappa shape index (κ3) is 4.03. The molecule has 0 saturated heterocycles. The van der Waals surface area contributed by atoms with Crippen LogP contribution in [0.5, 0.6) is 0 Å². The van der Waals surface area contributed by atoms with Gasteiger partial charge in [-0.3, -0.25) is 9.13 Å². The highest BCUT2D eigenvalue weighted by atomic mass is 15.1. The van der Waals surface area contributed by atoms with Crippen LogP contribution in [0.4, 0.5) is 0 Å². The van der Waals surface area contributed by atoms with E-state index in [-0.39, 0.29) is 0 Å². The van der Waals surface area contributed by atoms with E-state index in [2.05, 4.69) is 100 Å². The van der Waals surface area contributed by atoms with Gasteiger partial charge in [-0.1, -0.05) is 42.5 Å². The van der Waals surface area contributed by atoms with Crippen LogP contribution in [0.1, 0.15) is 48.2 Å². The van der Waals surface area contributed by atoms with Crippen molar-refractivity contribution in [1.82, 2.24) is 24.1 Å². The van der Waals surface area contributed by atoms with Crippen LogP contribution in [0, 0.1) is 0 Å². The van der Waals surface area contributed by atoms with Crippen molar-refractivity contribution in [1.29, 1.82) is 0 Å². The Hall–Kier alpha value is -5.03. The van der Waals surface area contributed by atoms with Crippen LogP contribution in [-0.2, 0) is 25.7 Å². The van der Waals surface area contributed by atoms with Gasteiger partial charge >= 0.3 is 0 Å². The molecule has 5 heterocycles. The van der Waals surface area contributed by atoms with Gasteiger partial charge in [0.15, 0.2) is 0 Å². The van der Waals surface area contributed by atoms with Crippen molar-refractivity contribution in [3.05, 3.63) is 126 Å². The number of pyridine rings is 3. The number of aromatic nitrogens is 5. The fraction of sp³-hybridized carbons (Fsp3) is 0.205. The smallest absolute Gasteiger partial charge is 0.144 e. The standard InChI is InChI=1S/C39H33N5/c1-3-12-28(13-4-1)43-36-20-9-7-16-30(36)32-22-26(24-40-38(32)43)34-18-11-19-35(42-34)27-23-33-31-17-8-10-21-37(31)44(39(33)41-25-27)29-14-5-2-6-15-29/h1-6,11-15,18-19,22-25H,7-10,16-17,20-21H2. The molecule has 0 spiro atoms. The maximum Gasteiger partial charge on any atom is 0.144 e. The minimum absolute atomic E-state index is 0.943. The minimum atomic E-state index is 0.943. The molecule has 9 rings (SSSR count). The molecule has 5 nitrogen and oxygen atoms in total. The van der Waals surface area contributed by atoms with Crippen LogP contribution >= 0.6 is 0 Å². The second kappa shape index (κ2) is 10.3. The first-order chi connectivity index (χ1) is 21.8. The van der Waals surface area contributed by atoms with E-state index in [9.17, 15) is 0 Å². The fourth-order valence-corrected chi connectivity index (χ4v) is 7.57. The third-order valence-electron chi connectivity index (χ3n) is 9.59. The number of benzene rings is 2. The molecule has 0 bridgehead atoms. The second-order valence-electron chi connectivity index (χ2n) is 12.2. The number of nitrogens with zero attached hydrogens (tertiary/aromatic N) is 5. The third-order valence-corrected chi connectivity index (χ3v) is 9.59. The van der Waals surface area contributed by atoms with Gasteiger partial charge in [-0.05, 0) is 111 Å². The number of aryl methyl sites for hydroxylation is 2. The summed E-state index contributed by atoms with van der Waals surface area (Å²) < 4.78 is 4.75. The van der Waals surface area contributed by atoms with E-state index in [0.717, 1.165) is 59.5 Å². The van der Waals surface area contributed by atoms with Gasteiger partial charge in [0.25, 0.3) is 0 Å². The summed E-state index contributed by atoms with van der Waals surface area (Å²) in [5.74, 6) is 0. The summed E-state index contributed by atoms with van der Waals surface area (Å²) in [7, 11) is 0. The van der Waals surface area contributed by atoms with Crippen LogP contribution in [0.3, 0.4) is 0 Å². The molecule has 2 aliphatic rings. The molecule has 0 radical (unpaired) electrons. The molecule has 5 aromatic heterocycles. The maximum absolute atomic E-state index is 5.19. The van der Waals surface area contributed by atoms with Crippen LogP contribution < -0.4 is 0 Å². The number of hydrogen-bond donors (Lipinski definition) is 0. The zero-order valence-electron chi connectivity index (χ0n) is 24.7. The minimum Gasteiger partial charge on any atom is -0.298 e. The van der Waals surface area contributed by atoms with Crippen LogP contribution in [0.2, 0.25) is 0 Å². The van der Waals surface area contributed by atoms with Crippen LogP contribution in [0.15, 0.2) is 103 Å². The van der Waals surface area contributed by atoms with Gasteiger partial charge in [0.05, 0.1) is 11.4 Å². The average molecular weight is 572 g/mol. The van der Waals surface area contributed by atoms with Crippen molar-refractivity contribution in [2.45, 2.75) is 51.4 Å². The van der Waals surface area contributed by atoms with Crippen molar-refractivity contribution in [3.8, 4) is 33.9 Å². The quantitative estimate of drug-likeness (QED) is 0.212. The van der Waals surface area contributed by atoms with Crippen molar-refractivity contribution < 1.29 is 0 Å². The monoisotopic (exact) mass is 571 g/mol. The van der Waals surface area contributed by atoms with Crippen LogP contribution in [-0.4, -0.2) is 24.1 Å². The highest BCUT2D eigenvalue weighted by Gasteiger charge is 2.24. The molecule has 0 N–H and O–H groups in total. The summed E-state index contributed by atoms with van der Waals surface area (Å²) in [4.78, 5) is 15.3. The molecule has 5 heteroatoms. The summed E-state index contributed by atoms with van der Waals surface area (Å²) in [5, 5.41) is 2.51. The molecular weight excluding hydrogens is 538 g/mol. The summed E-state index contributed by atoms with van der Waals surface area (Å²) >= 11 is 0. The highest BCUT2D eigenvalue weighted by molar-refractivity contribution is 5.89. The Bertz CT molecular complexity index is 2020. The predicted molar refractivity (Wildman–Crippen MR) is 178 cm³/mol. The van der Waals surface area contributed by atoms with Gasteiger partial charge in [0.1, 0.15) is 11.3 Å². The number of hydrogen-bond acceptors (Lipinski definition) is 3. The summed E-state index contributed by atoms with van der Waals surface area (Å²) in [6.45, 7) is 0. The molecule has 2 aromatic carbocycles. The van der Waals surface area contributed by atoms with Crippen molar-refractivity contribution in [2.75, 3.05) is 0 Å². The Morgan fingerprint density at radius 3 is 1.41 bits per heavy atom. The highest BCUT2D eigenvalue weighted by Crippen LogP contribution is 2.37. The van der Waals surface area contributed by atoms with Gasteiger partial charge in [-0.15, -0.1) is 0 Å². The zero-order valence-corrected chi connectivity index (χ0v) is 24.7. The van der Waals surface area contributed by atoms with E-state index >= 15 is 0 Å². The first-order valence-electron chi connectivity index (χ1n) is 16.0. The molecule has 44 heavy (non-hydrogen) atoms. The first-order valence-corrected chi connectivity index (χ1v) is 16.0. The van der Waals surface area contributed by atoms with Crippen molar-refractivity contribution in [3.63, 3.8) is 0 Å². The zero-order chi connectivity index (χ0) is 29.0. The number of rotatable bonds is 4. The molecule has 2 aliphatic carbocycles. The van der Waals surface area contributed by atoms with E-state index in [1.165, 1.54) is 70.3 Å². The van der Waals surface area contributed by atoms with E-state index < -0.39 is 0 Å². The van der Waals surface area contributed by atoms with E-state index in [1.54, 1.807) is 0 Å². The number of fused-ring (bicyclic) bond motifs is 6. The van der Waals surface area contributed by atoms with E-state index in [1.807, 2.05) is 12.4 Å². The second-order valence-corrected chi connectivity index (χ2v) is 12.2.